The molecule has 402 valence electrons. The lowest BCUT2D eigenvalue weighted by Gasteiger charge is -2.47. The summed E-state index contributed by atoms with van der Waals surface area (Å²) in [5.41, 5.74) is 2.85. The van der Waals surface area contributed by atoms with E-state index < -0.39 is 90.9 Å². The predicted molar refractivity (Wildman–Crippen MR) is 267 cm³/mol. The van der Waals surface area contributed by atoms with Crippen molar-refractivity contribution in [1.29, 1.82) is 0 Å². The minimum atomic E-state index is -1.33. The monoisotopic (exact) mass is 1010 g/mol. The van der Waals surface area contributed by atoms with Gasteiger partial charge >= 0.3 is 5.97 Å². The summed E-state index contributed by atoms with van der Waals surface area (Å²) in [5.74, 6) is -1.49. The Labute approximate surface area is 426 Å². The van der Waals surface area contributed by atoms with E-state index in [1.807, 2.05) is 72.8 Å². The Morgan fingerprint density at radius 2 is 1.22 bits per heavy atom. The van der Waals surface area contributed by atoms with Gasteiger partial charge < -0.3 is 71.1 Å². The van der Waals surface area contributed by atoms with Gasteiger partial charge in [0.25, 0.3) is 0 Å². The SMILES string of the molecule is C/C=C\[C@H](C)/C=C(\C)[C@@H](OCOC)[C@@H]1COC(=O)[C@H](OCOC)[C@H]2O[C@@H](c3ccc(OC)c(OC)c3)O[C@H]([C@H]2C)[C@@H](C)[C@@H](OCOC)/C(C)=C\[C@H](C)C(=O)C[C@H]2O[C@H](c3ccc(OC)c(OC)c3)O[C@H]1[C@@H]2C. The minimum Gasteiger partial charge on any atom is -0.493 e. The summed E-state index contributed by atoms with van der Waals surface area (Å²) in [5, 5.41) is 0. The molecule has 0 N–H and O–H groups in total. The van der Waals surface area contributed by atoms with Crippen LogP contribution in [0.4, 0.5) is 0 Å². The molecule has 0 radical (unpaired) electrons. The van der Waals surface area contributed by atoms with E-state index in [0.29, 0.717) is 34.1 Å². The van der Waals surface area contributed by atoms with E-state index in [2.05, 4.69) is 19.1 Å². The first-order valence-corrected chi connectivity index (χ1v) is 24.7. The Hall–Kier alpha value is -4.40. The van der Waals surface area contributed by atoms with Crippen molar-refractivity contribution < 1.29 is 80.6 Å². The predicted octanol–water partition coefficient (Wildman–Crippen LogP) is 8.74. The number of benzene rings is 2. The third-order valence-corrected chi connectivity index (χ3v) is 13.8. The third kappa shape index (κ3) is 14.5. The second-order valence-corrected chi connectivity index (χ2v) is 18.9. The van der Waals surface area contributed by atoms with Crippen molar-refractivity contribution in [3.05, 3.63) is 83.0 Å². The fourth-order valence-electron chi connectivity index (χ4n) is 10.2. The van der Waals surface area contributed by atoms with Crippen molar-refractivity contribution in [2.45, 2.75) is 117 Å². The zero-order valence-corrected chi connectivity index (χ0v) is 44.9. The number of ether oxygens (including phenoxy) is 15. The van der Waals surface area contributed by atoms with E-state index in [0.717, 1.165) is 11.1 Å². The number of carbonyl (C=O) groups is 2. The average Bonchev–Trinajstić information content (AvgIpc) is 3.37. The van der Waals surface area contributed by atoms with Crippen LogP contribution in [-0.4, -0.2) is 131 Å². The number of Topliss-reactive ketones (excluding diaryl/α,β-unsaturated/α-hetero) is 1. The lowest BCUT2D eigenvalue weighted by molar-refractivity contribution is -0.308. The molecular weight excluding hydrogens is 933 g/mol. The number of allylic oxidation sites excluding steroid dienone is 4. The van der Waals surface area contributed by atoms with Gasteiger partial charge in [-0.05, 0) is 62.1 Å². The smallest absolute Gasteiger partial charge is 0.338 e. The zero-order valence-electron chi connectivity index (χ0n) is 44.9. The van der Waals surface area contributed by atoms with Crippen LogP contribution in [0.3, 0.4) is 0 Å². The van der Waals surface area contributed by atoms with E-state index in [9.17, 15) is 4.79 Å². The normalized spacial score (nSPS) is 31.6. The maximum Gasteiger partial charge on any atom is 0.338 e. The highest BCUT2D eigenvalue weighted by Gasteiger charge is 2.50. The second kappa shape index (κ2) is 28.3. The molecule has 0 saturated carbocycles. The average molecular weight is 1010 g/mol. The molecule has 2 aromatic carbocycles. The van der Waals surface area contributed by atoms with Crippen molar-refractivity contribution in [1.82, 2.24) is 0 Å². The van der Waals surface area contributed by atoms with Gasteiger partial charge in [-0.3, -0.25) is 4.79 Å². The zero-order chi connectivity index (χ0) is 52.6. The van der Waals surface area contributed by atoms with Crippen LogP contribution in [0.5, 0.6) is 23.0 Å². The van der Waals surface area contributed by atoms with Crippen LogP contribution in [0.25, 0.3) is 0 Å². The standard InChI is InChI=1S/C55H80O17/c1-16-17-31(2)22-33(4)48(67-29-59-10)40-27-65-53(57)52(68-30-60-11)51-37(8)49(70-55(72-51)39-19-21-43(62-13)46(25-39)64-15)36(7)47(66-28-58-9)34(5)23-32(3)41(56)26-44-35(6)50(40)71-54(69-44)38-18-20-42(61-12)45(24-38)63-14/h16-25,31-32,35-37,40,44,47-52,54-55H,26-30H2,1-15H3/b17-16-,33-22+,34-23-/t31-,32-,35+,36-,37+,40-,44+,47-,48+,49-,50-,51-,52+,54-,55-/m0/s1. The lowest BCUT2D eigenvalue weighted by atomic mass is 9.79. The van der Waals surface area contributed by atoms with Crippen LogP contribution in [0, 0.1) is 35.5 Å². The van der Waals surface area contributed by atoms with Crippen molar-refractivity contribution in [3.8, 4) is 23.0 Å². The molecule has 5 rings (SSSR count). The number of hydrogen-bond donors (Lipinski definition) is 0. The Morgan fingerprint density at radius 3 is 1.78 bits per heavy atom. The van der Waals surface area contributed by atoms with Gasteiger partial charge in [0.05, 0.1) is 71.5 Å². The number of esters is 1. The van der Waals surface area contributed by atoms with Gasteiger partial charge in [0.2, 0.25) is 0 Å². The van der Waals surface area contributed by atoms with Gasteiger partial charge in [-0.25, -0.2) is 4.79 Å². The number of rotatable bonds is 19. The molecule has 0 aromatic heterocycles. The maximum atomic E-state index is 15.2. The van der Waals surface area contributed by atoms with Crippen molar-refractivity contribution in [3.63, 3.8) is 0 Å². The first-order valence-electron chi connectivity index (χ1n) is 24.7. The highest BCUT2D eigenvalue weighted by molar-refractivity contribution is 5.83. The quantitative estimate of drug-likeness (QED) is 0.0742. The van der Waals surface area contributed by atoms with Gasteiger partial charge in [0.15, 0.2) is 41.7 Å². The number of carbonyl (C=O) groups excluding carboxylic acids is 2. The van der Waals surface area contributed by atoms with Crippen LogP contribution in [-0.2, 0) is 61.7 Å². The molecule has 4 bridgehead atoms. The van der Waals surface area contributed by atoms with E-state index >= 15 is 4.79 Å². The lowest BCUT2D eigenvalue weighted by Crippen LogP contribution is -2.55. The molecule has 3 heterocycles. The van der Waals surface area contributed by atoms with Crippen molar-refractivity contribution in [2.75, 3.05) is 76.8 Å². The highest BCUT2D eigenvalue weighted by Crippen LogP contribution is 2.45. The van der Waals surface area contributed by atoms with E-state index in [1.54, 1.807) is 66.9 Å². The molecule has 0 aliphatic carbocycles. The summed E-state index contributed by atoms with van der Waals surface area (Å²) in [7, 11) is 10.8. The topological polar surface area (TPSA) is 173 Å². The third-order valence-electron chi connectivity index (χ3n) is 13.8. The Bertz CT molecular complexity index is 2120. The molecule has 2 aromatic rings. The minimum absolute atomic E-state index is 0.0220. The van der Waals surface area contributed by atoms with Crippen LogP contribution >= 0.6 is 0 Å². The molecule has 0 unspecified atom stereocenters. The largest absolute Gasteiger partial charge is 0.493 e. The van der Waals surface area contributed by atoms with Gasteiger partial charge in [0, 0.05) is 62.5 Å². The molecule has 17 nitrogen and oxygen atoms in total. The molecule has 0 amide bonds. The number of cyclic esters (lactones) is 1. The Kier molecular flexibility index (Phi) is 23.0. The fourth-order valence-corrected chi connectivity index (χ4v) is 10.2. The molecule has 17 heteroatoms. The number of fused-ring (bicyclic) bond motifs is 4. The van der Waals surface area contributed by atoms with Crippen LogP contribution < -0.4 is 18.9 Å². The van der Waals surface area contributed by atoms with Gasteiger partial charge in [0.1, 0.15) is 32.3 Å². The van der Waals surface area contributed by atoms with E-state index in [1.165, 1.54) is 7.11 Å². The molecule has 3 aliphatic heterocycles. The van der Waals surface area contributed by atoms with Crippen LogP contribution in [0.2, 0.25) is 0 Å². The summed E-state index contributed by atoms with van der Waals surface area (Å²) in [6.07, 6.45) is 0.368. The highest BCUT2D eigenvalue weighted by atomic mass is 16.7. The maximum absolute atomic E-state index is 15.2. The number of methoxy groups -OCH3 is 7. The Balaban J connectivity index is 1.74. The summed E-state index contributed by atoms with van der Waals surface area (Å²) in [4.78, 5) is 29.8. The van der Waals surface area contributed by atoms with Crippen molar-refractivity contribution in [2.24, 2.45) is 35.5 Å². The summed E-state index contributed by atoms with van der Waals surface area (Å²) >= 11 is 0. The second-order valence-electron chi connectivity index (χ2n) is 18.9. The molecule has 0 spiro atoms. The molecule has 3 aliphatic rings. The van der Waals surface area contributed by atoms with Crippen LogP contribution in [0.1, 0.15) is 85.5 Å². The fraction of sp³-hybridized carbons (Fsp3) is 0.636. The molecular formula is C55H80O17. The number of hydrogen-bond acceptors (Lipinski definition) is 17. The number of ketones is 1. The van der Waals surface area contributed by atoms with Gasteiger partial charge in [-0.15, -0.1) is 0 Å². The molecule has 2 fully saturated rings. The van der Waals surface area contributed by atoms with Crippen molar-refractivity contribution >= 4 is 11.8 Å². The van der Waals surface area contributed by atoms with Crippen LogP contribution in [0.15, 0.2) is 71.8 Å². The molecule has 15 atom stereocenters. The van der Waals surface area contributed by atoms with Gasteiger partial charge in [-0.1, -0.05) is 71.1 Å². The first kappa shape index (κ1) is 58.5. The Morgan fingerprint density at radius 1 is 0.681 bits per heavy atom. The summed E-state index contributed by atoms with van der Waals surface area (Å²) in [6.45, 7) is 15.1. The van der Waals surface area contributed by atoms with Gasteiger partial charge in [-0.2, -0.15) is 0 Å². The molecule has 2 saturated heterocycles. The summed E-state index contributed by atoms with van der Waals surface area (Å²) < 4.78 is 92.4. The first-order chi connectivity index (χ1) is 34.6. The van der Waals surface area contributed by atoms with E-state index in [4.69, 9.17) is 71.1 Å². The molecule has 72 heavy (non-hydrogen) atoms. The summed E-state index contributed by atoms with van der Waals surface area (Å²) in [6, 6.07) is 10.7. The van der Waals surface area contributed by atoms with E-state index in [-0.39, 0.29) is 45.1 Å².